The summed E-state index contributed by atoms with van der Waals surface area (Å²) in [6.45, 7) is 3.66. The maximum atomic E-state index is 14.1. The van der Waals surface area contributed by atoms with Crippen LogP contribution in [0, 0.1) is 5.82 Å². The summed E-state index contributed by atoms with van der Waals surface area (Å²) in [6, 6.07) is 3.89. The van der Waals surface area contributed by atoms with E-state index in [1.54, 1.807) is 6.20 Å². The molecule has 2 N–H and O–H groups in total. The van der Waals surface area contributed by atoms with Gasteiger partial charge < -0.3 is 10.6 Å². The number of amides is 2. The lowest BCUT2D eigenvalue weighted by atomic mass is 9.86. The highest BCUT2D eigenvalue weighted by molar-refractivity contribution is 5.95. The van der Waals surface area contributed by atoms with E-state index in [2.05, 4.69) is 20.9 Å². The van der Waals surface area contributed by atoms with Crippen LogP contribution >= 0.6 is 0 Å². The van der Waals surface area contributed by atoms with Crippen LogP contribution in [-0.4, -0.2) is 38.4 Å². The normalized spacial score (nSPS) is 19.6. The summed E-state index contributed by atoms with van der Waals surface area (Å²) in [5.74, 6) is -1.19. The van der Waals surface area contributed by atoms with Crippen molar-refractivity contribution in [3.63, 3.8) is 0 Å². The number of nitrogens with zero attached hydrogens (tertiary/aromatic N) is 3. The molecule has 126 valence electrons. The first kappa shape index (κ1) is 16.1. The highest BCUT2D eigenvalue weighted by atomic mass is 19.1. The van der Waals surface area contributed by atoms with E-state index in [0.29, 0.717) is 18.5 Å². The number of halogens is 1. The largest absolute Gasteiger partial charge is 0.349 e. The van der Waals surface area contributed by atoms with E-state index in [9.17, 15) is 14.0 Å². The van der Waals surface area contributed by atoms with Gasteiger partial charge in [0.05, 0.1) is 35.2 Å². The minimum absolute atomic E-state index is 0.0511. The van der Waals surface area contributed by atoms with Crippen molar-refractivity contribution in [1.82, 2.24) is 25.6 Å². The summed E-state index contributed by atoms with van der Waals surface area (Å²) in [6.07, 6.45) is 3.94. The van der Waals surface area contributed by atoms with E-state index >= 15 is 0 Å². The lowest BCUT2D eigenvalue weighted by molar-refractivity contribution is -0.125. The molecule has 1 aromatic heterocycles. The second-order valence-corrected chi connectivity index (χ2v) is 6.35. The van der Waals surface area contributed by atoms with Crippen molar-refractivity contribution >= 4 is 11.8 Å². The van der Waals surface area contributed by atoms with Gasteiger partial charge in [-0.2, -0.15) is 0 Å². The van der Waals surface area contributed by atoms with Crippen molar-refractivity contribution in [2.24, 2.45) is 0 Å². The molecule has 7 nitrogen and oxygen atoms in total. The maximum absolute atomic E-state index is 14.1. The van der Waals surface area contributed by atoms with Gasteiger partial charge in [-0.05, 0) is 38.5 Å². The summed E-state index contributed by atoms with van der Waals surface area (Å²) in [7, 11) is 0. The molecule has 0 spiro atoms. The Morgan fingerprint density at radius 2 is 2.25 bits per heavy atom. The van der Waals surface area contributed by atoms with Crippen LogP contribution < -0.4 is 10.6 Å². The Hall–Kier alpha value is -2.77. The number of carbonyl (C=O) groups excluding carboxylic acids is 2. The predicted molar refractivity (Wildman–Crippen MR) is 84.0 cm³/mol. The van der Waals surface area contributed by atoms with Crippen molar-refractivity contribution in [3.05, 3.63) is 42.0 Å². The van der Waals surface area contributed by atoms with Gasteiger partial charge in [-0.1, -0.05) is 5.21 Å². The smallest absolute Gasteiger partial charge is 0.254 e. The molecule has 3 rings (SSSR count). The highest BCUT2D eigenvalue weighted by Gasteiger charge is 2.36. The van der Waals surface area contributed by atoms with Crippen LogP contribution in [0.4, 0.5) is 4.39 Å². The first-order valence-electron chi connectivity index (χ1n) is 7.65. The molecule has 0 saturated carbocycles. The average molecular weight is 331 g/mol. The molecular formula is C16H18FN5O2. The molecule has 1 aromatic carbocycles. The molecule has 1 saturated heterocycles. The van der Waals surface area contributed by atoms with E-state index in [4.69, 9.17) is 0 Å². The molecule has 1 fully saturated rings. The summed E-state index contributed by atoms with van der Waals surface area (Å²) in [5, 5.41) is 13.2. The van der Waals surface area contributed by atoms with Gasteiger partial charge >= 0.3 is 0 Å². The molecule has 1 unspecified atom stereocenters. The molecule has 0 radical (unpaired) electrons. The monoisotopic (exact) mass is 331 g/mol. The quantitative estimate of drug-likeness (QED) is 0.884. The second-order valence-electron chi connectivity index (χ2n) is 6.35. The SMILES string of the molecule is CC1(C)NC(=O)CCC1NC(=O)c1cc(-n2ccnn2)ccc1F. The van der Waals surface area contributed by atoms with Gasteiger partial charge in [-0.25, -0.2) is 9.07 Å². The molecule has 0 aliphatic carbocycles. The number of hydrogen-bond donors (Lipinski definition) is 2. The Labute approximate surface area is 138 Å². The van der Waals surface area contributed by atoms with Crippen molar-refractivity contribution in [2.45, 2.75) is 38.3 Å². The third-order valence-corrected chi connectivity index (χ3v) is 4.18. The zero-order valence-corrected chi connectivity index (χ0v) is 13.4. The standard InChI is InChI=1S/C16H18FN5O2/c1-16(2)13(5-6-14(23)20-16)19-15(24)11-9-10(3-4-12(11)17)22-8-7-18-21-22/h3-4,7-9,13H,5-6H2,1-2H3,(H,19,24)(H,20,23). The van der Waals surface area contributed by atoms with Crippen LogP contribution in [0.3, 0.4) is 0 Å². The Kier molecular flexibility index (Phi) is 4.04. The van der Waals surface area contributed by atoms with Gasteiger partial charge in [0, 0.05) is 6.42 Å². The Morgan fingerprint density at radius 3 is 2.92 bits per heavy atom. The van der Waals surface area contributed by atoms with Crippen LogP contribution in [0.5, 0.6) is 0 Å². The second kappa shape index (κ2) is 6.03. The van der Waals surface area contributed by atoms with Crippen molar-refractivity contribution in [3.8, 4) is 5.69 Å². The fourth-order valence-corrected chi connectivity index (χ4v) is 2.81. The lowest BCUT2D eigenvalue weighted by Gasteiger charge is -2.39. The van der Waals surface area contributed by atoms with E-state index < -0.39 is 17.3 Å². The highest BCUT2D eigenvalue weighted by Crippen LogP contribution is 2.21. The molecule has 1 aliphatic rings. The van der Waals surface area contributed by atoms with E-state index in [0.717, 1.165) is 0 Å². The molecule has 1 aliphatic heterocycles. The lowest BCUT2D eigenvalue weighted by Crippen LogP contribution is -2.62. The van der Waals surface area contributed by atoms with Crippen molar-refractivity contribution in [1.29, 1.82) is 0 Å². The maximum Gasteiger partial charge on any atom is 0.254 e. The number of piperidine rings is 1. The van der Waals surface area contributed by atoms with E-state index in [1.807, 2.05) is 13.8 Å². The zero-order valence-electron chi connectivity index (χ0n) is 13.4. The number of nitrogens with one attached hydrogen (secondary N) is 2. The van der Waals surface area contributed by atoms with Crippen LogP contribution in [0.25, 0.3) is 5.69 Å². The molecule has 24 heavy (non-hydrogen) atoms. The fraction of sp³-hybridized carbons (Fsp3) is 0.375. The topological polar surface area (TPSA) is 88.9 Å². The van der Waals surface area contributed by atoms with E-state index in [1.165, 1.54) is 29.1 Å². The van der Waals surface area contributed by atoms with Gasteiger partial charge in [0.25, 0.3) is 5.91 Å². The molecule has 0 bridgehead atoms. The fourth-order valence-electron chi connectivity index (χ4n) is 2.81. The average Bonchev–Trinajstić information content (AvgIpc) is 3.04. The molecule has 2 heterocycles. The Balaban J connectivity index is 1.82. The molecule has 2 aromatic rings. The van der Waals surface area contributed by atoms with Gasteiger partial charge in [0.15, 0.2) is 0 Å². The Bertz CT molecular complexity index is 773. The third-order valence-electron chi connectivity index (χ3n) is 4.18. The summed E-state index contributed by atoms with van der Waals surface area (Å²) >= 11 is 0. The van der Waals surface area contributed by atoms with Gasteiger partial charge in [-0.15, -0.1) is 5.10 Å². The Morgan fingerprint density at radius 1 is 1.46 bits per heavy atom. The minimum Gasteiger partial charge on any atom is -0.349 e. The molecule has 8 heteroatoms. The summed E-state index contributed by atoms with van der Waals surface area (Å²) < 4.78 is 15.5. The van der Waals surface area contributed by atoms with Crippen LogP contribution in [-0.2, 0) is 4.79 Å². The van der Waals surface area contributed by atoms with Crippen LogP contribution in [0.1, 0.15) is 37.0 Å². The van der Waals surface area contributed by atoms with Crippen LogP contribution in [0.15, 0.2) is 30.6 Å². The summed E-state index contributed by atoms with van der Waals surface area (Å²) in [5.41, 5.74) is -0.128. The first-order valence-corrected chi connectivity index (χ1v) is 7.65. The van der Waals surface area contributed by atoms with Gasteiger partial charge in [-0.3, -0.25) is 9.59 Å². The van der Waals surface area contributed by atoms with Crippen LogP contribution in [0.2, 0.25) is 0 Å². The number of aromatic nitrogens is 3. The van der Waals surface area contributed by atoms with Crippen molar-refractivity contribution in [2.75, 3.05) is 0 Å². The minimum atomic E-state index is -0.617. The first-order chi connectivity index (χ1) is 11.4. The number of carbonyl (C=O) groups is 2. The van der Waals surface area contributed by atoms with Gasteiger partial charge in [0.2, 0.25) is 5.91 Å². The van der Waals surface area contributed by atoms with Gasteiger partial charge in [0.1, 0.15) is 5.82 Å². The van der Waals surface area contributed by atoms with Crippen molar-refractivity contribution < 1.29 is 14.0 Å². The van der Waals surface area contributed by atoms with E-state index in [-0.39, 0.29) is 17.5 Å². The molecule has 2 amide bonds. The predicted octanol–water partition coefficient (Wildman–Crippen LogP) is 1.19. The number of hydrogen-bond acceptors (Lipinski definition) is 4. The summed E-state index contributed by atoms with van der Waals surface area (Å²) in [4.78, 5) is 24.0. The number of benzene rings is 1. The molecule has 1 atom stereocenters. The molecular weight excluding hydrogens is 313 g/mol. The zero-order chi connectivity index (χ0) is 17.3. The third kappa shape index (κ3) is 3.12. The number of rotatable bonds is 3.